The highest BCUT2D eigenvalue weighted by molar-refractivity contribution is 5.78. The van der Waals surface area contributed by atoms with Crippen LogP contribution < -0.4 is 10.6 Å². The van der Waals surface area contributed by atoms with Crippen LogP contribution in [0.15, 0.2) is 0 Å². The number of esters is 1. The smallest absolute Gasteiger partial charge is 0.303 e. The van der Waals surface area contributed by atoms with Gasteiger partial charge in [-0.1, -0.05) is 77.0 Å². The zero-order valence-electron chi connectivity index (χ0n) is 22.5. The average molecular weight is 515 g/mol. The normalized spacial score (nSPS) is 10.7. The standard InChI is InChI=1S/C27H50N2O7/c1-24(30)36-23-22-35-21-20-29-26(32)18-19-28-25(31)16-14-12-10-8-6-4-2-3-5-7-9-11-13-15-17-27(33)34/h2-23H2,1H3,(H,28,31)(H,29,32)(H,33,34). The average Bonchev–Trinajstić information content (AvgIpc) is 2.82. The second-order valence-corrected chi connectivity index (χ2v) is 9.25. The van der Waals surface area contributed by atoms with Gasteiger partial charge in [0, 0.05) is 39.3 Å². The van der Waals surface area contributed by atoms with Crippen molar-refractivity contribution in [3.8, 4) is 0 Å². The summed E-state index contributed by atoms with van der Waals surface area (Å²) in [5.74, 6) is -1.17. The summed E-state index contributed by atoms with van der Waals surface area (Å²) in [7, 11) is 0. The molecular weight excluding hydrogens is 464 g/mol. The molecule has 0 aliphatic rings. The molecule has 0 rings (SSSR count). The Morgan fingerprint density at radius 2 is 1.00 bits per heavy atom. The molecule has 0 aromatic carbocycles. The summed E-state index contributed by atoms with van der Waals surface area (Å²) in [6, 6.07) is 0. The molecule has 0 aliphatic carbocycles. The van der Waals surface area contributed by atoms with Crippen molar-refractivity contribution in [2.75, 3.05) is 32.9 Å². The summed E-state index contributed by atoms with van der Waals surface area (Å²) in [6.07, 6.45) is 17.2. The largest absolute Gasteiger partial charge is 0.481 e. The van der Waals surface area contributed by atoms with Crippen molar-refractivity contribution in [1.82, 2.24) is 10.6 Å². The molecule has 0 atom stereocenters. The van der Waals surface area contributed by atoms with Crippen LogP contribution in [0.4, 0.5) is 0 Å². The lowest BCUT2D eigenvalue weighted by Gasteiger charge is -2.08. The minimum absolute atomic E-state index is 0.00140. The number of carbonyl (C=O) groups is 4. The zero-order valence-corrected chi connectivity index (χ0v) is 22.5. The molecule has 9 nitrogen and oxygen atoms in total. The third-order valence-electron chi connectivity index (χ3n) is 5.82. The van der Waals surface area contributed by atoms with Crippen molar-refractivity contribution in [2.24, 2.45) is 0 Å². The molecule has 0 saturated carbocycles. The predicted octanol–water partition coefficient (Wildman–Crippen LogP) is 4.51. The van der Waals surface area contributed by atoms with Gasteiger partial charge in [0.25, 0.3) is 0 Å². The van der Waals surface area contributed by atoms with E-state index in [0.717, 1.165) is 38.5 Å². The Balaban J connectivity index is 3.29. The minimum atomic E-state index is -0.690. The lowest BCUT2D eigenvalue weighted by molar-refractivity contribution is -0.142. The molecule has 2 amide bonds. The zero-order chi connectivity index (χ0) is 26.7. The number of unbranched alkanes of at least 4 members (excludes halogenated alkanes) is 13. The highest BCUT2D eigenvalue weighted by atomic mass is 16.6. The molecule has 0 unspecified atom stereocenters. The van der Waals surface area contributed by atoms with E-state index in [1.807, 2.05) is 0 Å². The highest BCUT2D eigenvalue weighted by Gasteiger charge is 2.04. The van der Waals surface area contributed by atoms with E-state index in [1.54, 1.807) is 0 Å². The Kier molecular flexibility index (Phi) is 24.4. The van der Waals surface area contributed by atoms with Gasteiger partial charge in [0.1, 0.15) is 6.61 Å². The monoisotopic (exact) mass is 514 g/mol. The van der Waals surface area contributed by atoms with Crippen molar-refractivity contribution in [2.45, 2.75) is 116 Å². The van der Waals surface area contributed by atoms with E-state index in [9.17, 15) is 19.2 Å². The quantitative estimate of drug-likeness (QED) is 0.114. The molecule has 9 heteroatoms. The van der Waals surface area contributed by atoms with E-state index < -0.39 is 5.97 Å². The predicted molar refractivity (Wildman–Crippen MR) is 140 cm³/mol. The van der Waals surface area contributed by atoms with Gasteiger partial charge < -0.3 is 25.2 Å². The number of hydrogen-bond donors (Lipinski definition) is 3. The number of amides is 2. The van der Waals surface area contributed by atoms with Gasteiger partial charge in [0.2, 0.25) is 11.8 Å². The Bertz CT molecular complexity index is 584. The highest BCUT2D eigenvalue weighted by Crippen LogP contribution is 2.13. The SMILES string of the molecule is CC(=O)OCCOCCNC(=O)CCNC(=O)CCCCCCCCCCCCCCCCC(=O)O. The summed E-state index contributed by atoms with van der Waals surface area (Å²) in [5.41, 5.74) is 0. The maximum Gasteiger partial charge on any atom is 0.303 e. The van der Waals surface area contributed by atoms with Gasteiger partial charge in [-0.25, -0.2) is 0 Å². The van der Waals surface area contributed by atoms with E-state index in [0.29, 0.717) is 39.1 Å². The molecule has 0 radical (unpaired) electrons. The van der Waals surface area contributed by atoms with Gasteiger partial charge in [0.15, 0.2) is 0 Å². The van der Waals surface area contributed by atoms with Crippen LogP contribution >= 0.6 is 0 Å². The molecule has 36 heavy (non-hydrogen) atoms. The maximum absolute atomic E-state index is 11.9. The molecular formula is C27H50N2O7. The first-order valence-electron chi connectivity index (χ1n) is 13.9. The number of hydrogen-bond acceptors (Lipinski definition) is 6. The lowest BCUT2D eigenvalue weighted by Crippen LogP contribution is -2.32. The molecule has 210 valence electrons. The van der Waals surface area contributed by atoms with E-state index >= 15 is 0 Å². The van der Waals surface area contributed by atoms with Crippen LogP contribution in [0.1, 0.15) is 116 Å². The molecule has 0 aliphatic heterocycles. The molecule has 0 fully saturated rings. The van der Waals surface area contributed by atoms with E-state index in [-0.39, 0.29) is 30.8 Å². The first-order valence-corrected chi connectivity index (χ1v) is 13.9. The Morgan fingerprint density at radius 1 is 0.556 bits per heavy atom. The molecule has 0 bridgehead atoms. The van der Waals surface area contributed by atoms with Crippen LogP contribution in [0.2, 0.25) is 0 Å². The van der Waals surface area contributed by atoms with Gasteiger partial charge in [-0.05, 0) is 12.8 Å². The number of carboxylic acids is 1. The Morgan fingerprint density at radius 3 is 1.50 bits per heavy atom. The van der Waals surface area contributed by atoms with Crippen LogP contribution in [0, 0.1) is 0 Å². The molecule has 0 spiro atoms. The van der Waals surface area contributed by atoms with Crippen molar-refractivity contribution in [3.05, 3.63) is 0 Å². The van der Waals surface area contributed by atoms with E-state index in [1.165, 1.54) is 58.3 Å². The van der Waals surface area contributed by atoms with Crippen molar-refractivity contribution in [1.29, 1.82) is 0 Å². The Hall–Kier alpha value is -2.16. The molecule has 0 aromatic heterocycles. The minimum Gasteiger partial charge on any atom is -0.481 e. The van der Waals surface area contributed by atoms with Crippen molar-refractivity contribution < 1.29 is 33.8 Å². The van der Waals surface area contributed by atoms with Gasteiger partial charge in [0.05, 0.1) is 13.2 Å². The fraction of sp³-hybridized carbons (Fsp3) is 0.852. The van der Waals surface area contributed by atoms with Crippen molar-refractivity contribution >= 4 is 23.8 Å². The van der Waals surface area contributed by atoms with Crippen molar-refractivity contribution in [3.63, 3.8) is 0 Å². The van der Waals surface area contributed by atoms with Crippen LogP contribution in [-0.2, 0) is 28.7 Å². The number of ether oxygens (including phenoxy) is 2. The lowest BCUT2D eigenvalue weighted by atomic mass is 10.0. The fourth-order valence-corrected chi connectivity index (χ4v) is 3.78. The number of carboxylic acid groups (broad SMARTS) is 1. The summed E-state index contributed by atoms with van der Waals surface area (Å²) in [6.45, 7) is 2.90. The third kappa shape index (κ3) is 28.1. The number of nitrogens with one attached hydrogen (secondary N) is 2. The summed E-state index contributed by atoms with van der Waals surface area (Å²) in [5, 5.41) is 14.1. The van der Waals surface area contributed by atoms with Crippen LogP contribution in [0.3, 0.4) is 0 Å². The number of carbonyl (C=O) groups excluding carboxylic acids is 3. The summed E-state index contributed by atoms with van der Waals surface area (Å²) in [4.78, 5) is 44.6. The molecule has 0 heterocycles. The second kappa shape index (κ2) is 25.9. The molecule has 0 saturated heterocycles. The van der Waals surface area contributed by atoms with Crippen LogP contribution in [-0.4, -0.2) is 61.8 Å². The summed E-state index contributed by atoms with van der Waals surface area (Å²) >= 11 is 0. The van der Waals surface area contributed by atoms with Gasteiger partial charge in [-0.2, -0.15) is 0 Å². The number of rotatable bonds is 26. The van der Waals surface area contributed by atoms with Crippen LogP contribution in [0.25, 0.3) is 0 Å². The third-order valence-corrected chi connectivity index (χ3v) is 5.82. The van der Waals surface area contributed by atoms with Gasteiger partial charge >= 0.3 is 11.9 Å². The molecule has 0 aromatic rings. The maximum atomic E-state index is 11.9. The first kappa shape index (κ1) is 33.8. The number of aliphatic carboxylic acids is 1. The second-order valence-electron chi connectivity index (χ2n) is 9.25. The molecule has 3 N–H and O–H groups in total. The topological polar surface area (TPSA) is 131 Å². The van der Waals surface area contributed by atoms with E-state index in [4.69, 9.17) is 14.6 Å². The van der Waals surface area contributed by atoms with Gasteiger partial charge in [-0.3, -0.25) is 19.2 Å². The first-order chi connectivity index (χ1) is 17.4. The van der Waals surface area contributed by atoms with Gasteiger partial charge in [-0.15, -0.1) is 0 Å². The Labute approximate surface area is 217 Å². The van der Waals surface area contributed by atoms with E-state index in [2.05, 4.69) is 10.6 Å². The van der Waals surface area contributed by atoms with Crippen LogP contribution in [0.5, 0.6) is 0 Å². The summed E-state index contributed by atoms with van der Waals surface area (Å²) < 4.78 is 9.96. The fourth-order valence-electron chi connectivity index (χ4n) is 3.78.